The van der Waals surface area contributed by atoms with Gasteiger partial charge < -0.3 is 10.2 Å². The summed E-state index contributed by atoms with van der Waals surface area (Å²) in [7, 11) is -8.91. The molecule has 0 spiro atoms. The maximum atomic E-state index is 12.2. The van der Waals surface area contributed by atoms with E-state index in [1.807, 2.05) is 0 Å². The number of aliphatic hydroxyl groups excluding tert-OH is 2. The first kappa shape index (κ1) is 42.8. The lowest BCUT2D eigenvalue weighted by molar-refractivity contribution is 0.148. The van der Waals surface area contributed by atoms with Crippen molar-refractivity contribution in [2.45, 2.75) is 91.3 Å². The second kappa shape index (κ2) is 16.8. The highest BCUT2D eigenvalue weighted by molar-refractivity contribution is 7.88. The number of halogens is 4. The molecule has 0 aliphatic heterocycles. The molecular weight excluding hydrogens is 923 g/mol. The maximum Gasteiger partial charge on any atom is 0.304 e. The van der Waals surface area contributed by atoms with E-state index in [9.17, 15) is 36.2 Å². The Morgan fingerprint density at radius 2 is 1.02 bits per heavy atom. The van der Waals surface area contributed by atoms with Gasteiger partial charge in [-0.25, -0.2) is 9.36 Å². The minimum Gasteiger partial charge on any atom is -0.387 e. The van der Waals surface area contributed by atoms with Crippen LogP contribution in [0.25, 0.3) is 32.5 Å². The van der Waals surface area contributed by atoms with Gasteiger partial charge in [0.1, 0.15) is 8.42 Å². The fourth-order valence-corrected chi connectivity index (χ4v) is 12.9. The highest BCUT2D eigenvalue weighted by Gasteiger charge is 2.33. The molecule has 0 radical (unpaired) electrons. The fraction of sp³-hybridized carbons (Fsp3) is 0.333. The Hall–Kier alpha value is -2.84. The zero-order valence-electron chi connectivity index (χ0n) is 30.9. The predicted molar refractivity (Wildman–Crippen MR) is 230 cm³/mol. The van der Waals surface area contributed by atoms with E-state index < -0.39 is 32.4 Å². The molecule has 2 atom stereocenters. The number of aryl methyl sites for hydroxylation is 2. The summed E-state index contributed by atoms with van der Waals surface area (Å²) in [6, 6.07) is 12.9. The SMILES string of the molecule is O=S(=O)(O)c1cc2c(s1)-c1c(c(C(O)CCCCCC(O)c3nn(-c4ccc(Cl)cc4Cl)c4c3CCCc3cc(S(=O)(=O)O)sc3-4)nn1-c1ccc(Cl)cc1Cl)CCC2. The molecule has 8 rings (SSSR count). The van der Waals surface area contributed by atoms with E-state index in [2.05, 4.69) is 0 Å². The largest absolute Gasteiger partial charge is 0.387 e. The molecule has 2 unspecified atom stereocenters. The van der Waals surface area contributed by atoms with Crippen LogP contribution >= 0.6 is 69.1 Å². The van der Waals surface area contributed by atoms with E-state index in [4.69, 9.17) is 56.6 Å². The predicted octanol–water partition coefficient (Wildman–Crippen LogP) is 10.3. The normalized spacial score (nSPS) is 15.2. The number of thiophene rings is 2. The van der Waals surface area contributed by atoms with Crippen LogP contribution in [0.4, 0.5) is 0 Å². The number of rotatable bonds is 12. The van der Waals surface area contributed by atoms with Gasteiger partial charge in [-0.3, -0.25) is 9.11 Å². The summed E-state index contributed by atoms with van der Waals surface area (Å²) in [5.41, 5.74) is 6.20. The van der Waals surface area contributed by atoms with Crippen LogP contribution in [0.5, 0.6) is 0 Å². The van der Waals surface area contributed by atoms with Crippen molar-refractivity contribution in [2.75, 3.05) is 0 Å². The van der Waals surface area contributed by atoms with Crippen LogP contribution in [-0.4, -0.2) is 55.7 Å². The van der Waals surface area contributed by atoms with Gasteiger partial charge >= 0.3 is 20.2 Å². The fourth-order valence-electron chi connectivity index (χ4n) is 7.95. The first-order chi connectivity index (χ1) is 28.0. The van der Waals surface area contributed by atoms with Crippen molar-refractivity contribution in [1.82, 2.24) is 19.6 Å². The third-order valence-electron chi connectivity index (χ3n) is 10.6. The number of benzene rings is 2. The van der Waals surface area contributed by atoms with Crippen LogP contribution in [0.1, 0.15) is 90.8 Å². The molecule has 0 fully saturated rings. The quantitative estimate of drug-likeness (QED) is 0.0680. The number of aliphatic hydroxyl groups is 2. The van der Waals surface area contributed by atoms with Crippen LogP contribution in [0, 0.1) is 0 Å². The van der Waals surface area contributed by atoms with Crippen molar-refractivity contribution in [3.63, 3.8) is 0 Å². The number of nitrogens with zero attached hydrogens (tertiary/aromatic N) is 4. The molecule has 20 heteroatoms. The molecule has 0 saturated carbocycles. The Labute approximate surface area is 368 Å². The van der Waals surface area contributed by atoms with Crippen molar-refractivity contribution in [3.8, 4) is 32.5 Å². The molecule has 4 N–H and O–H groups in total. The number of fused-ring (bicyclic) bond motifs is 6. The molecule has 312 valence electrons. The van der Waals surface area contributed by atoms with Crippen molar-refractivity contribution in [2.24, 2.45) is 0 Å². The van der Waals surface area contributed by atoms with E-state index in [1.54, 1.807) is 45.8 Å². The zero-order chi connectivity index (χ0) is 42.0. The maximum absolute atomic E-state index is 12.2. The van der Waals surface area contributed by atoms with Gasteiger partial charge in [0.05, 0.1) is 66.2 Å². The van der Waals surface area contributed by atoms with Gasteiger partial charge in [0, 0.05) is 21.2 Å². The summed E-state index contributed by atoms with van der Waals surface area (Å²) in [6.45, 7) is 0. The molecule has 4 heterocycles. The summed E-state index contributed by atoms with van der Waals surface area (Å²) in [6.07, 6.45) is 4.24. The molecule has 0 saturated heterocycles. The van der Waals surface area contributed by atoms with Crippen LogP contribution in [0.3, 0.4) is 0 Å². The topological polar surface area (TPSA) is 185 Å². The third-order valence-corrected chi connectivity index (χ3v) is 16.7. The van der Waals surface area contributed by atoms with Crippen LogP contribution < -0.4 is 0 Å². The second-order valence-corrected chi connectivity index (χ2v) is 21.7. The molecule has 0 bridgehead atoms. The molecule has 0 amide bonds. The van der Waals surface area contributed by atoms with Gasteiger partial charge in [-0.1, -0.05) is 65.7 Å². The average Bonchev–Trinajstić information content (AvgIpc) is 3.91. The van der Waals surface area contributed by atoms with E-state index in [1.165, 1.54) is 12.1 Å². The van der Waals surface area contributed by atoms with E-state index >= 15 is 0 Å². The van der Waals surface area contributed by atoms with E-state index in [0.717, 1.165) is 44.9 Å². The lowest BCUT2D eigenvalue weighted by atomic mass is 9.98. The monoisotopic (exact) mass is 956 g/mol. The van der Waals surface area contributed by atoms with Crippen LogP contribution in [0.2, 0.25) is 20.1 Å². The smallest absolute Gasteiger partial charge is 0.304 e. The molecule has 59 heavy (non-hydrogen) atoms. The molecular formula is C39H36Cl4N4O8S4. The zero-order valence-corrected chi connectivity index (χ0v) is 37.2. The summed E-state index contributed by atoms with van der Waals surface area (Å²) in [5, 5.41) is 34.5. The number of unbranched alkanes of at least 4 members (excludes halogenated alkanes) is 2. The minimum absolute atomic E-state index is 0.172. The van der Waals surface area contributed by atoms with E-state index in [-0.39, 0.29) is 8.42 Å². The summed E-state index contributed by atoms with van der Waals surface area (Å²) < 4.78 is 71.3. The summed E-state index contributed by atoms with van der Waals surface area (Å²) in [5.74, 6) is 0. The third kappa shape index (κ3) is 8.53. The van der Waals surface area contributed by atoms with Crippen molar-refractivity contribution in [1.29, 1.82) is 0 Å². The highest BCUT2D eigenvalue weighted by atomic mass is 35.5. The van der Waals surface area contributed by atoms with Gasteiger partial charge in [-0.05, 0) is 111 Å². The Morgan fingerprint density at radius 1 is 0.610 bits per heavy atom. The first-order valence-electron chi connectivity index (χ1n) is 18.7. The minimum atomic E-state index is -4.46. The van der Waals surface area contributed by atoms with Crippen molar-refractivity contribution < 1.29 is 36.2 Å². The average molecular weight is 959 g/mol. The van der Waals surface area contributed by atoms with Crippen LogP contribution in [-0.2, 0) is 45.9 Å². The van der Waals surface area contributed by atoms with Gasteiger partial charge in [0.2, 0.25) is 0 Å². The van der Waals surface area contributed by atoms with Gasteiger partial charge in [-0.2, -0.15) is 27.0 Å². The van der Waals surface area contributed by atoms with Crippen molar-refractivity contribution in [3.05, 3.63) is 102 Å². The van der Waals surface area contributed by atoms with Gasteiger partial charge in [0.15, 0.2) is 0 Å². The highest BCUT2D eigenvalue weighted by Crippen LogP contribution is 2.46. The lowest BCUT2D eigenvalue weighted by Gasteiger charge is -2.12. The van der Waals surface area contributed by atoms with Crippen molar-refractivity contribution >= 4 is 89.3 Å². The Morgan fingerprint density at radius 3 is 1.39 bits per heavy atom. The molecule has 2 aliphatic rings. The summed E-state index contributed by atoms with van der Waals surface area (Å²) >= 11 is 27.6. The van der Waals surface area contributed by atoms with Gasteiger partial charge in [-0.15, -0.1) is 22.7 Å². The Balaban J connectivity index is 1.03. The van der Waals surface area contributed by atoms with Crippen LogP contribution in [0.15, 0.2) is 56.9 Å². The Bertz CT molecular complexity index is 2640. The standard InChI is InChI=1S/C39H36Cl4N4O8S4/c40-22-12-14-28(26(42)18-22)46-36-24(8-4-6-20-16-32(56-38(20)36)58(50,51)52)34(44-46)30(48)10-2-1-3-11-31(49)35-25-9-5-7-21-17-33(59(53,54)55)57-39(21)37(25)47(45-35)29-15-13-23(41)19-27(29)43/h12-19,30-31,48-49H,1-11H2,(H,50,51,52)(H,53,54,55). The second-order valence-electron chi connectivity index (χ2n) is 14.6. The number of hydrogen-bond acceptors (Lipinski definition) is 10. The molecule has 2 aliphatic carbocycles. The molecule has 6 aromatic rings. The lowest BCUT2D eigenvalue weighted by Crippen LogP contribution is -2.05. The Kier molecular flexibility index (Phi) is 12.2. The first-order valence-corrected chi connectivity index (χ1v) is 24.7. The molecule has 4 aromatic heterocycles. The molecule has 2 aromatic carbocycles. The molecule has 12 nitrogen and oxygen atoms in total. The summed E-state index contributed by atoms with van der Waals surface area (Å²) in [4.78, 5) is 1.26. The van der Waals surface area contributed by atoms with E-state index in [0.29, 0.717) is 135 Å². The number of aromatic nitrogens is 4. The van der Waals surface area contributed by atoms with Gasteiger partial charge in [0.25, 0.3) is 0 Å². The number of hydrogen-bond donors (Lipinski definition) is 4.